The Morgan fingerprint density at radius 1 is 1.03 bits per heavy atom. The number of anilines is 1. The van der Waals surface area contributed by atoms with E-state index in [9.17, 15) is 4.55 Å². The first-order chi connectivity index (χ1) is 16.5. The highest BCUT2D eigenvalue weighted by molar-refractivity contribution is 7.92. The summed E-state index contributed by atoms with van der Waals surface area (Å²) in [4.78, 5) is 9.61. The van der Waals surface area contributed by atoms with Gasteiger partial charge in [-0.1, -0.05) is 12.1 Å². The number of aromatic nitrogens is 4. The number of aliphatic hydroxyl groups excluding tert-OH is 1. The van der Waals surface area contributed by atoms with Crippen LogP contribution < -0.4 is 11.1 Å². The predicted molar refractivity (Wildman–Crippen MR) is 131 cm³/mol. The van der Waals surface area contributed by atoms with E-state index in [0.717, 1.165) is 21.6 Å². The van der Waals surface area contributed by atoms with E-state index in [1.165, 1.54) is 0 Å². The van der Waals surface area contributed by atoms with E-state index in [1.807, 2.05) is 62.4 Å². The third-order valence-corrected chi connectivity index (χ3v) is 6.65. The van der Waals surface area contributed by atoms with Crippen LogP contribution in [0.4, 0.5) is 5.82 Å². The van der Waals surface area contributed by atoms with Gasteiger partial charge >= 0.3 is 0 Å². The van der Waals surface area contributed by atoms with E-state index in [4.69, 9.17) is 15.3 Å². The van der Waals surface area contributed by atoms with Gasteiger partial charge in [0.05, 0.1) is 18.5 Å². The summed E-state index contributed by atoms with van der Waals surface area (Å²) in [6.07, 6.45) is 1.58. The van der Waals surface area contributed by atoms with Crippen molar-refractivity contribution in [1.82, 2.24) is 25.5 Å². The van der Waals surface area contributed by atoms with Crippen molar-refractivity contribution in [2.24, 2.45) is 0 Å². The molecular formula is C24H26N6O3S. The average molecular weight is 479 g/mol. The average Bonchev–Trinajstić information content (AvgIpc) is 3.34. The van der Waals surface area contributed by atoms with Crippen molar-refractivity contribution in [3.05, 3.63) is 60.3 Å². The fourth-order valence-electron chi connectivity index (χ4n) is 3.24. The summed E-state index contributed by atoms with van der Waals surface area (Å²) >= 11 is -1.06. The summed E-state index contributed by atoms with van der Waals surface area (Å²) < 4.78 is 18.1. The zero-order chi connectivity index (χ0) is 24.1. The van der Waals surface area contributed by atoms with Gasteiger partial charge in [0, 0.05) is 24.2 Å². The second kappa shape index (κ2) is 10.7. The van der Waals surface area contributed by atoms with Crippen LogP contribution in [0.15, 0.2) is 64.0 Å². The monoisotopic (exact) mass is 478 g/mol. The molecule has 176 valence electrons. The number of rotatable bonds is 9. The van der Waals surface area contributed by atoms with Crippen LogP contribution in [0.5, 0.6) is 0 Å². The van der Waals surface area contributed by atoms with Crippen LogP contribution in [-0.2, 0) is 17.7 Å². The smallest absolute Gasteiger partial charge is 0.270 e. The highest BCUT2D eigenvalue weighted by atomic mass is 32.2. The van der Waals surface area contributed by atoms with Crippen molar-refractivity contribution in [3.63, 3.8) is 0 Å². The van der Waals surface area contributed by atoms with Crippen LogP contribution in [0.1, 0.15) is 19.4 Å². The predicted octanol–water partition coefficient (Wildman–Crippen LogP) is 3.04. The van der Waals surface area contributed by atoms with E-state index in [2.05, 4.69) is 25.5 Å². The van der Waals surface area contributed by atoms with E-state index in [0.29, 0.717) is 30.4 Å². The zero-order valence-electron chi connectivity index (χ0n) is 18.9. The highest BCUT2D eigenvalue weighted by Crippen LogP contribution is 2.28. The number of nitrogens with two attached hydrogens (primary N) is 1. The first kappa shape index (κ1) is 23.8. The molecule has 4 aromatic rings. The van der Waals surface area contributed by atoms with Gasteiger partial charge in [0.1, 0.15) is 5.25 Å². The minimum Gasteiger partial charge on any atom is -0.611 e. The summed E-state index contributed by atoms with van der Waals surface area (Å²) in [5, 5.41) is 20.3. The third kappa shape index (κ3) is 5.42. The largest absolute Gasteiger partial charge is 0.611 e. The van der Waals surface area contributed by atoms with Gasteiger partial charge in [-0.15, -0.1) is 10.2 Å². The Morgan fingerprint density at radius 3 is 2.38 bits per heavy atom. The van der Waals surface area contributed by atoms with Crippen molar-refractivity contribution in [1.29, 1.82) is 0 Å². The van der Waals surface area contributed by atoms with Gasteiger partial charge in [-0.2, -0.15) is 0 Å². The van der Waals surface area contributed by atoms with E-state index < -0.39 is 11.2 Å². The fraction of sp³-hybridized carbons (Fsp3) is 0.250. The maximum Gasteiger partial charge on any atom is 0.270 e. The van der Waals surface area contributed by atoms with E-state index >= 15 is 0 Å². The first-order valence-corrected chi connectivity index (χ1v) is 12.1. The van der Waals surface area contributed by atoms with Crippen molar-refractivity contribution in [2.75, 3.05) is 18.9 Å². The zero-order valence-corrected chi connectivity index (χ0v) is 19.7. The second-order valence-corrected chi connectivity index (χ2v) is 9.88. The molecular weight excluding hydrogens is 452 g/mol. The summed E-state index contributed by atoms with van der Waals surface area (Å²) in [6, 6.07) is 15.1. The van der Waals surface area contributed by atoms with Gasteiger partial charge in [0.2, 0.25) is 5.89 Å². The Balaban J connectivity index is 1.55. The lowest BCUT2D eigenvalue weighted by atomic mass is 10.1. The molecule has 2 aromatic heterocycles. The number of hydrogen-bond acceptors (Lipinski definition) is 9. The van der Waals surface area contributed by atoms with E-state index in [1.54, 1.807) is 6.20 Å². The molecule has 1 atom stereocenters. The molecule has 2 aromatic carbocycles. The molecule has 4 rings (SSSR count). The van der Waals surface area contributed by atoms with Gasteiger partial charge in [0.25, 0.3) is 5.89 Å². The van der Waals surface area contributed by atoms with Crippen molar-refractivity contribution in [2.45, 2.75) is 30.5 Å². The number of hydrogen-bond donors (Lipinski definition) is 3. The number of nitrogens with zero attached hydrogens (tertiary/aromatic N) is 4. The Labute approximate surface area is 200 Å². The van der Waals surface area contributed by atoms with E-state index in [-0.39, 0.29) is 23.6 Å². The molecule has 9 nitrogen and oxygen atoms in total. The normalized spacial score (nSPS) is 12.3. The molecule has 2 heterocycles. The quantitative estimate of drug-likeness (QED) is 0.244. The molecule has 34 heavy (non-hydrogen) atoms. The lowest BCUT2D eigenvalue weighted by Gasteiger charge is -2.14. The maximum atomic E-state index is 12.3. The molecule has 0 saturated carbocycles. The van der Waals surface area contributed by atoms with Gasteiger partial charge in [0.15, 0.2) is 16.4 Å². The first-order valence-electron chi connectivity index (χ1n) is 10.8. The summed E-state index contributed by atoms with van der Waals surface area (Å²) in [5.74, 6) is 0.701. The lowest BCUT2D eigenvalue weighted by Crippen LogP contribution is -2.17. The minimum absolute atomic E-state index is 0.0413. The molecule has 0 aliphatic heterocycles. The molecule has 0 aliphatic carbocycles. The van der Waals surface area contributed by atoms with Gasteiger partial charge in [-0.3, -0.25) is 0 Å². The van der Waals surface area contributed by atoms with Crippen LogP contribution >= 0.6 is 0 Å². The molecule has 0 spiro atoms. The fourth-order valence-corrected chi connectivity index (χ4v) is 4.19. The molecule has 0 amide bonds. The standard InChI is InChI=1S/C24H26N6O3S/c1-15(2)34(32)19-9-7-17(8-10-19)20-14-27-22(25)21(28-20)24-30-29-23(33-24)18-5-3-16(4-6-18)13-26-11-12-31/h3-10,14-15,26,31H,11-13H2,1-2H3,(H2,25,27). The van der Waals surface area contributed by atoms with Gasteiger partial charge in [-0.05, 0) is 67.0 Å². The molecule has 10 heteroatoms. The van der Waals surface area contributed by atoms with Crippen LogP contribution in [0, 0.1) is 0 Å². The highest BCUT2D eigenvalue weighted by Gasteiger charge is 2.18. The molecule has 0 fully saturated rings. The summed E-state index contributed by atoms with van der Waals surface area (Å²) in [6.45, 7) is 5.14. The van der Waals surface area contributed by atoms with Crippen molar-refractivity contribution in [3.8, 4) is 34.3 Å². The van der Waals surface area contributed by atoms with Crippen LogP contribution in [-0.4, -0.2) is 48.2 Å². The number of aliphatic hydroxyl groups is 1. The Kier molecular flexibility index (Phi) is 7.53. The van der Waals surface area contributed by atoms with Crippen molar-refractivity contribution >= 4 is 17.0 Å². The topological polar surface area (TPSA) is 146 Å². The molecule has 0 radical (unpaired) electrons. The van der Waals surface area contributed by atoms with Crippen molar-refractivity contribution < 1.29 is 14.1 Å². The van der Waals surface area contributed by atoms with Crippen LogP contribution in [0.2, 0.25) is 0 Å². The third-order valence-electron chi connectivity index (χ3n) is 5.06. The lowest BCUT2D eigenvalue weighted by molar-refractivity contribution is 0.292. The Bertz CT molecular complexity index is 1230. The van der Waals surface area contributed by atoms with Crippen LogP contribution in [0.25, 0.3) is 34.3 Å². The summed E-state index contributed by atoms with van der Waals surface area (Å²) in [5.41, 5.74) is 9.59. The number of benzene rings is 2. The number of nitrogens with one attached hydrogen (secondary N) is 1. The van der Waals surface area contributed by atoms with Crippen LogP contribution in [0.3, 0.4) is 0 Å². The molecule has 0 aliphatic rings. The number of nitrogen functional groups attached to an aromatic ring is 1. The minimum atomic E-state index is -1.06. The maximum absolute atomic E-state index is 12.3. The Hall–Kier alpha value is -3.31. The molecule has 4 N–H and O–H groups in total. The molecule has 0 bridgehead atoms. The summed E-state index contributed by atoms with van der Waals surface area (Å²) in [7, 11) is 0. The molecule has 1 unspecified atom stereocenters. The Morgan fingerprint density at radius 2 is 1.71 bits per heavy atom. The van der Waals surface area contributed by atoms with Gasteiger partial charge < -0.3 is 25.1 Å². The molecule has 0 saturated heterocycles. The second-order valence-electron chi connectivity index (χ2n) is 7.87. The SMILES string of the molecule is CC(C)[S+]([O-])c1ccc(-c2cnc(N)c(-c3nnc(-c4ccc(CNCCO)cc4)o3)n2)cc1. The van der Waals surface area contributed by atoms with Gasteiger partial charge in [-0.25, -0.2) is 9.97 Å².